The van der Waals surface area contributed by atoms with Gasteiger partial charge in [-0.1, -0.05) is 6.07 Å². The summed E-state index contributed by atoms with van der Waals surface area (Å²) in [7, 11) is 1.56. The fraction of sp³-hybridized carbons (Fsp3) is 0.529. The summed E-state index contributed by atoms with van der Waals surface area (Å²) in [5.41, 5.74) is 0.657. The normalized spacial score (nSPS) is 12.1. The van der Waals surface area contributed by atoms with E-state index < -0.39 is 17.7 Å². The summed E-state index contributed by atoms with van der Waals surface area (Å²) in [5.74, 6) is 0.274. The first-order valence-electron chi connectivity index (χ1n) is 7.89. The SMILES string of the molecule is CCNc1c(NC(=O)[C@@H](C)NC(=O)OC(C)(C)C)cccc1OC. The van der Waals surface area contributed by atoms with Crippen molar-refractivity contribution in [1.82, 2.24) is 5.32 Å². The summed E-state index contributed by atoms with van der Waals surface area (Å²) in [4.78, 5) is 24.1. The van der Waals surface area contributed by atoms with Gasteiger partial charge in [-0.3, -0.25) is 4.79 Å². The lowest BCUT2D eigenvalue weighted by Gasteiger charge is -2.22. The molecule has 0 heterocycles. The Bertz CT molecular complexity index is 582. The number of rotatable bonds is 6. The molecule has 7 heteroatoms. The second-order valence-corrected chi connectivity index (χ2v) is 6.27. The zero-order chi connectivity index (χ0) is 18.3. The van der Waals surface area contributed by atoms with Crippen LogP contribution in [-0.4, -0.2) is 37.3 Å². The van der Waals surface area contributed by atoms with Gasteiger partial charge in [0.1, 0.15) is 23.1 Å². The molecule has 7 nitrogen and oxygen atoms in total. The van der Waals surface area contributed by atoms with Crippen molar-refractivity contribution in [1.29, 1.82) is 0 Å². The molecule has 1 aromatic carbocycles. The van der Waals surface area contributed by atoms with E-state index in [1.54, 1.807) is 53.0 Å². The van der Waals surface area contributed by atoms with Crippen molar-refractivity contribution in [2.75, 3.05) is 24.3 Å². The average Bonchev–Trinajstić information content (AvgIpc) is 2.46. The summed E-state index contributed by atoms with van der Waals surface area (Å²) < 4.78 is 10.4. The van der Waals surface area contributed by atoms with Crippen molar-refractivity contribution >= 4 is 23.4 Å². The first kappa shape index (κ1) is 19.6. The maximum absolute atomic E-state index is 12.3. The predicted molar refractivity (Wildman–Crippen MR) is 94.6 cm³/mol. The molecule has 2 amide bonds. The number of ether oxygens (including phenoxy) is 2. The lowest BCUT2D eigenvalue weighted by molar-refractivity contribution is -0.117. The van der Waals surface area contributed by atoms with Crippen LogP contribution in [0.25, 0.3) is 0 Å². The maximum atomic E-state index is 12.3. The van der Waals surface area contributed by atoms with Crippen LogP contribution < -0.4 is 20.7 Å². The van der Waals surface area contributed by atoms with Crippen LogP contribution in [0.5, 0.6) is 5.75 Å². The molecule has 0 aliphatic rings. The van der Waals surface area contributed by atoms with Gasteiger partial charge in [-0.05, 0) is 46.8 Å². The predicted octanol–water partition coefficient (Wildman–Crippen LogP) is 2.98. The van der Waals surface area contributed by atoms with E-state index in [9.17, 15) is 9.59 Å². The zero-order valence-electron chi connectivity index (χ0n) is 15.1. The highest BCUT2D eigenvalue weighted by Gasteiger charge is 2.22. The largest absolute Gasteiger partial charge is 0.495 e. The highest BCUT2D eigenvalue weighted by Crippen LogP contribution is 2.32. The fourth-order valence-corrected chi connectivity index (χ4v) is 1.96. The van der Waals surface area contributed by atoms with Crippen molar-refractivity contribution in [3.05, 3.63) is 18.2 Å². The lowest BCUT2D eigenvalue weighted by atomic mass is 10.2. The van der Waals surface area contributed by atoms with Crippen molar-refractivity contribution < 1.29 is 19.1 Å². The second kappa shape index (κ2) is 8.42. The highest BCUT2D eigenvalue weighted by atomic mass is 16.6. The second-order valence-electron chi connectivity index (χ2n) is 6.27. The van der Waals surface area contributed by atoms with Gasteiger partial charge >= 0.3 is 6.09 Å². The number of carbonyl (C=O) groups excluding carboxylic acids is 2. The molecule has 0 unspecified atom stereocenters. The van der Waals surface area contributed by atoms with E-state index in [2.05, 4.69) is 16.0 Å². The molecule has 0 saturated heterocycles. The monoisotopic (exact) mass is 337 g/mol. The van der Waals surface area contributed by atoms with Gasteiger partial charge in [0.05, 0.1) is 12.8 Å². The Hall–Kier alpha value is -2.44. The molecule has 3 N–H and O–H groups in total. The number of carbonyl (C=O) groups is 2. The smallest absolute Gasteiger partial charge is 0.408 e. The lowest BCUT2D eigenvalue weighted by Crippen LogP contribution is -2.44. The Morgan fingerprint density at radius 1 is 1.25 bits per heavy atom. The molecule has 0 fully saturated rings. The van der Waals surface area contributed by atoms with Crippen molar-refractivity contribution in [2.45, 2.75) is 46.3 Å². The summed E-state index contributed by atoms with van der Waals surface area (Å²) in [6.45, 7) is 9.49. The van der Waals surface area contributed by atoms with Gasteiger partial charge in [0.2, 0.25) is 5.91 Å². The maximum Gasteiger partial charge on any atom is 0.408 e. The van der Waals surface area contributed by atoms with E-state index in [1.165, 1.54) is 0 Å². The first-order valence-corrected chi connectivity index (χ1v) is 7.89. The quantitative estimate of drug-likeness (QED) is 0.742. The third-order valence-electron chi connectivity index (χ3n) is 2.98. The van der Waals surface area contributed by atoms with Gasteiger partial charge in [-0.2, -0.15) is 0 Å². The van der Waals surface area contributed by atoms with Crippen molar-refractivity contribution in [3.63, 3.8) is 0 Å². The summed E-state index contributed by atoms with van der Waals surface area (Å²) in [6.07, 6.45) is -0.636. The molecular formula is C17H27N3O4. The topological polar surface area (TPSA) is 88.7 Å². The minimum Gasteiger partial charge on any atom is -0.495 e. The van der Waals surface area contributed by atoms with Gasteiger partial charge in [0.15, 0.2) is 0 Å². The Morgan fingerprint density at radius 2 is 1.92 bits per heavy atom. The molecule has 0 aliphatic heterocycles. The molecule has 0 bridgehead atoms. The van der Waals surface area contributed by atoms with Gasteiger partial charge in [-0.15, -0.1) is 0 Å². The Morgan fingerprint density at radius 3 is 2.46 bits per heavy atom. The Balaban J connectivity index is 2.78. The molecule has 1 aromatic rings. The van der Waals surface area contributed by atoms with E-state index in [-0.39, 0.29) is 5.91 Å². The van der Waals surface area contributed by atoms with Gasteiger partial charge in [0, 0.05) is 6.54 Å². The molecule has 0 saturated carbocycles. The molecule has 24 heavy (non-hydrogen) atoms. The van der Waals surface area contributed by atoms with E-state index in [4.69, 9.17) is 9.47 Å². The number of para-hydroxylation sites is 1. The minimum atomic E-state index is -0.750. The summed E-state index contributed by atoms with van der Waals surface area (Å²) in [6, 6.07) is 4.59. The molecule has 0 aromatic heterocycles. The van der Waals surface area contributed by atoms with E-state index in [0.29, 0.717) is 23.7 Å². The van der Waals surface area contributed by atoms with Gasteiger partial charge in [-0.25, -0.2) is 4.79 Å². The summed E-state index contributed by atoms with van der Waals surface area (Å²) in [5, 5.41) is 8.46. The minimum absolute atomic E-state index is 0.353. The van der Waals surface area contributed by atoms with E-state index in [1.807, 2.05) is 6.92 Å². The number of amides is 2. The molecule has 1 atom stereocenters. The third-order valence-corrected chi connectivity index (χ3v) is 2.98. The van der Waals surface area contributed by atoms with Crippen LogP contribution in [0, 0.1) is 0 Å². The Labute approximate surface area is 143 Å². The van der Waals surface area contributed by atoms with Crippen molar-refractivity contribution in [2.24, 2.45) is 0 Å². The summed E-state index contributed by atoms with van der Waals surface area (Å²) >= 11 is 0. The van der Waals surface area contributed by atoms with Crippen LogP contribution >= 0.6 is 0 Å². The van der Waals surface area contributed by atoms with E-state index in [0.717, 1.165) is 0 Å². The Kier molecular flexibility index (Phi) is 6.88. The van der Waals surface area contributed by atoms with Gasteiger partial charge in [0.25, 0.3) is 0 Å². The van der Waals surface area contributed by atoms with Crippen molar-refractivity contribution in [3.8, 4) is 5.75 Å². The molecule has 0 aliphatic carbocycles. The average molecular weight is 337 g/mol. The number of nitrogens with one attached hydrogen (secondary N) is 3. The van der Waals surface area contributed by atoms with Crippen LogP contribution in [0.3, 0.4) is 0 Å². The van der Waals surface area contributed by atoms with E-state index >= 15 is 0 Å². The van der Waals surface area contributed by atoms with Gasteiger partial charge < -0.3 is 25.4 Å². The van der Waals surface area contributed by atoms with Crippen LogP contribution in [-0.2, 0) is 9.53 Å². The number of alkyl carbamates (subject to hydrolysis) is 1. The molecular weight excluding hydrogens is 310 g/mol. The molecule has 1 rings (SSSR count). The third kappa shape index (κ3) is 5.98. The number of methoxy groups -OCH3 is 1. The van der Waals surface area contributed by atoms with Crippen LogP contribution in [0.2, 0.25) is 0 Å². The van der Waals surface area contributed by atoms with Crippen LogP contribution in [0.4, 0.5) is 16.2 Å². The number of benzene rings is 1. The molecule has 0 spiro atoms. The zero-order valence-corrected chi connectivity index (χ0v) is 15.1. The molecule has 134 valence electrons. The number of hydrogen-bond acceptors (Lipinski definition) is 5. The standard InChI is InChI=1S/C17H27N3O4/c1-7-18-14-12(9-8-10-13(14)23-6)20-15(21)11(2)19-16(22)24-17(3,4)5/h8-11,18H,7H2,1-6H3,(H,19,22)(H,20,21)/t11-/m1/s1. The van der Waals surface area contributed by atoms with Crippen LogP contribution in [0.15, 0.2) is 18.2 Å². The highest BCUT2D eigenvalue weighted by molar-refractivity contribution is 5.99. The number of anilines is 2. The fourth-order valence-electron chi connectivity index (χ4n) is 1.96. The molecule has 0 radical (unpaired) electrons. The first-order chi connectivity index (χ1) is 11.2. The number of hydrogen-bond donors (Lipinski definition) is 3. The van der Waals surface area contributed by atoms with Crippen LogP contribution in [0.1, 0.15) is 34.6 Å².